The number of halogens is 5. The summed E-state index contributed by atoms with van der Waals surface area (Å²) in [4.78, 5) is 0.0471. The van der Waals surface area contributed by atoms with E-state index in [1.807, 2.05) is 0 Å². The second-order valence-corrected chi connectivity index (χ2v) is 9.50. The summed E-state index contributed by atoms with van der Waals surface area (Å²) in [6, 6.07) is 6.23. The number of rotatable bonds is 6. The third-order valence-corrected chi connectivity index (χ3v) is 7.04. The monoisotopic (exact) mass is 420 g/mol. The zero-order valence-corrected chi connectivity index (χ0v) is 15.3. The molecule has 1 aliphatic rings. The Hall–Kier alpha value is -0.520. The van der Waals surface area contributed by atoms with Gasteiger partial charge in [0.2, 0.25) is 0 Å². The number of hydrogen-bond donors (Lipinski definition) is 0. The highest BCUT2D eigenvalue weighted by Crippen LogP contribution is 2.42. The van der Waals surface area contributed by atoms with Gasteiger partial charge in [-0.25, -0.2) is 0 Å². The van der Waals surface area contributed by atoms with E-state index in [0.29, 0.717) is 5.92 Å². The van der Waals surface area contributed by atoms with Gasteiger partial charge in [0, 0.05) is 26.9 Å². The molecular weight excluding hydrogens is 405 g/mol. The molecule has 0 N–H and O–H groups in total. The molecule has 2 rings (SSSR count). The Bertz CT molecular complexity index is 630. The summed E-state index contributed by atoms with van der Waals surface area (Å²) in [6.45, 7) is 0. The van der Waals surface area contributed by atoms with Crippen LogP contribution in [0.1, 0.15) is 43.6 Å². The summed E-state index contributed by atoms with van der Waals surface area (Å²) >= 11 is -0.167. The van der Waals surface area contributed by atoms with Crippen LogP contribution in [0.5, 0.6) is 0 Å². The van der Waals surface area contributed by atoms with Crippen molar-refractivity contribution in [2.45, 2.75) is 53.0 Å². The Labute approximate surface area is 151 Å². The van der Waals surface area contributed by atoms with Crippen molar-refractivity contribution in [3.8, 4) is 0 Å². The summed E-state index contributed by atoms with van der Waals surface area (Å²) < 4.78 is 83.8. The molecule has 25 heavy (non-hydrogen) atoms. The van der Waals surface area contributed by atoms with Crippen molar-refractivity contribution in [3.63, 3.8) is 0 Å². The van der Waals surface area contributed by atoms with E-state index in [1.165, 1.54) is 18.6 Å². The maximum atomic E-state index is 13.8. The lowest BCUT2D eigenvalue weighted by atomic mass is 9.84. The van der Waals surface area contributed by atoms with Gasteiger partial charge in [-0.05, 0) is 48.2 Å². The zero-order chi connectivity index (χ0) is 18.7. The first-order valence-corrected chi connectivity index (χ1v) is 10.4. The van der Waals surface area contributed by atoms with E-state index in [0.717, 1.165) is 31.2 Å². The van der Waals surface area contributed by atoms with Crippen LogP contribution in [-0.4, -0.2) is 18.5 Å². The van der Waals surface area contributed by atoms with E-state index < -0.39 is 32.1 Å². The lowest BCUT2D eigenvalue weighted by Crippen LogP contribution is -2.23. The van der Waals surface area contributed by atoms with Crippen LogP contribution in [0.4, 0.5) is 22.0 Å². The van der Waals surface area contributed by atoms with Gasteiger partial charge in [-0.3, -0.25) is 8.42 Å². The summed E-state index contributed by atoms with van der Waals surface area (Å²) in [7, 11) is -7.53. The van der Waals surface area contributed by atoms with Crippen LogP contribution in [0.15, 0.2) is 29.2 Å². The highest BCUT2D eigenvalue weighted by Gasteiger charge is 2.37. The van der Waals surface area contributed by atoms with Gasteiger partial charge >= 0.3 is 10.1 Å². The molecule has 0 amide bonds. The van der Waals surface area contributed by atoms with Gasteiger partial charge in [0.05, 0.1) is 0 Å². The number of nitrogens with zero attached hydrogens (tertiary/aromatic N) is 1. The summed E-state index contributed by atoms with van der Waals surface area (Å²) in [6.07, 6.45) is 5.50. The molecule has 0 aliphatic heterocycles. The fourth-order valence-electron chi connectivity index (χ4n) is 2.56. The molecule has 1 aromatic carbocycles. The van der Waals surface area contributed by atoms with Crippen molar-refractivity contribution in [3.05, 3.63) is 34.0 Å². The van der Waals surface area contributed by atoms with E-state index >= 15 is 0 Å². The second-order valence-electron chi connectivity index (χ2n) is 5.49. The fourth-order valence-corrected chi connectivity index (χ4v) is 5.14. The normalized spacial score (nSPS) is 19.6. The average molecular weight is 420 g/mol. The molecule has 0 bridgehead atoms. The van der Waals surface area contributed by atoms with Gasteiger partial charge < -0.3 is 4.13 Å². The number of alkyl halides is 5. The van der Waals surface area contributed by atoms with Crippen molar-refractivity contribution in [1.82, 2.24) is 0 Å². The van der Waals surface area contributed by atoms with Gasteiger partial charge in [0.1, 0.15) is 0 Å². The van der Waals surface area contributed by atoms with Gasteiger partial charge in [0.15, 0.2) is 0 Å². The van der Waals surface area contributed by atoms with Crippen LogP contribution >= 0.6 is 11.8 Å². The number of hydrogen-bond acceptors (Lipinski definition) is 3. The summed E-state index contributed by atoms with van der Waals surface area (Å²) in [5.41, 5.74) is -4.30. The van der Waals surface area contributed by atoms with Crippen molar-refractivity contribution in [2.24, 2.45) is 0 Å². The fraction of sp³-hybridized carbons (Fsp3) is 0.571. The molecule has 0 radical (unpaired) electrons. The standard InChI is InChI=1S/C14H15F5NO2S3/c15-13(16,17)24(21)20-25(22)14(18,19)23-12-8-6-11(7-9-12)10-4-2-1-3-5-10/h6-10H,1-5H2/q-1. The lowest BCUT2D eigenvalue weighted by Gasteiger charge is -2.26. The van der Waals surface area contributed by atoms with Crippen LogP contribution in [0.2, 0.25) is 0 Å². The Morgan fingerprint density at radius 2 is 1.48 bits per heavy atom. The van der Waals surface area contributed by atoms with Crippen LogP contribution < -0.4 is 0 Å². The Balaban J connectivity index is 1.99. The zero-order valence-electron chi connectivity index (χ0n) is 12.8. The molecule has 0 heterocycles. The SMILES string of the molecule is O=S([N-]S(=O)C(F)(F)Sc1ccc(C2CCCCC2)cc1)C(F)(F)F. The minimum Gasteiger partial charge on any atom is -0.477 e. The van der Waals surface area contributed by atoms with Gasteiger partial charge in [-0.2, -0.15) is 22.0 Å². The topological polar surface area (TPSA) is 48.2 Å². The molecule has 0 saturated heterocycles. The van der Waals surface area contributed by atoms with E-state index in [4.69, 9.17) is 0 Å². The maximum absolute atomic E-state index is 13.8. The first kappa shape index (κ1) is 20.8. The maximum Gasteiger partial charge on any atom is 0.453 e. The highest BCUT2D eigenvalue weighted by molar-refractivity contribution is 8.17. The molecule has 2 unspecified atom stereocenters. The van der Waals surface area contributed by atoms with E-state index in [1.54, 1.807) is 12.1 Å². The molecule has 1 aliphatic carbocycles. The average Bonchev–Trinajstić information content (AvgIpc) is 2.55. The van der Waals surface area contributed by atoms with Crippen LogP contribution in [-0.2, 0) is 22.0 Å². The minimum absolute atomic E-state index is 0.0471. The third-order valence-electron chi connectivity index (χ3n) is 3.73. The third kappa shape index (κ3) is 6.00. The van der Waals surface area contributed by atoms with Gasteiger partial charge in [-0.15, -0.1) is 0 Å². The quantitative estimate of drug-likeness (QED) is 0.445. The summed E-state index contributed by atoms with van der Waals surface area (Å²) in [5, 5.41) is 0. The molecule has 1 fully saturated rings. The molecular formula is C14H15F5NO2S3-. The van der Waals surface area contributed by atoms with E-state index in [9.17, 15) is 30.4 Å². The van der Waals surface area contributed by atoms with Gasteiger partial charge in [0.25, 0.3) is 0 Å². The van der Waals surface area contributed by atoms with Crippen molar-refractivity contribution < 1.29 is 30.4 Å². The van der Waals surface area contributed by atoms with E-state index in [2.05, 4.69) is 4.13 Å². The molecule has 1 aromatic rings. The molecule has 142 valence electrons. The highest BCUT2D eigenvalue weighted by atomic mass is 32.3. The predicted molar refractivity (Wildman–Crippen MR) is 88.8 cm³/mol. The smallest absolute Gasteiger partial charge is 0.453 e. The lowest BCUT2D eigenvalue weighted by molar-refractivity contribution is -0.0375. The molecule has 11 heteroatoms. The first-order valence-electron chi connectivity index (χ1n) is 7.39. The minimum atomic E-state index is -5.32. The predicted octanol–water partition coefficient (Wildman–Crippen LogP) is 5.60. The van der Waals surface area contributed by atoms with Crippen molar-refractivity contribution >= 4 is 33.7 Å². The largest absolute Gasteiger partial charge is 0.477 e. The molecule has 0 spiro atoms. The second kappa shape index (κ2) is 8.45. The van der Waals surface area contributed by atoms with Crippen LogP contribution in [0.3, 0.4) is 0 Å². The van der Waals surface area contributed by atoms with E-state index in [-0.39, 0.29) is 16.7 Å². The van der Waals surface area contributed by atoms with Crippen LogP contribution in [0, 0.1) is 0 Å². The Morgan fingerprint density at radius 1 is 0.920 bits per heavy atom. The van der Waals surface area contributed by atoms with Crippen LogP contribution in [0.25, 0.3) is 4.13 Å². The van der Waals surface area contributed by atoms with Crippen molar-refractivity contribution in [1.29, 1.82) is 0 Å². The Kier molecular flexibility index (Phi) is 7.02. The Morgan fingerprint density at radius 3 is 2.00 bits per heavy atom. The molecule has 0 aromatic heterocycles. The first-order chi connectivity index (χ1) is 11.6. The molecule has 3 nitrogen and oxygen atoms in total. The van der Waals surface area contributed by atoms with Gasteiger partial charge in [-0.1, -0.05) is 31.4 Å². The molecule has 1 saturated carbocycles. The van der Waals surface area contributed by atoms with Crippen molar-refractivity contribution in [2.75, 3.05) is 0 Å². The molecule has 2 atom stereocenters. The summed E-state index contributed by atoms with van der Waals surface area (Å²) in [5.74, 6) is 0.381. The number of benzene rings is 1. The number of thioether (sulfide) groups is 1.